The fourth-order valence-electron chi connectivity index (χ4n) is 3.06. The van der Waals surface area contributed by atoms with Gasteiger partial charge < -0.3 is 9.47 Å². The molecule has 4 heteroatoms. The van der Waals surface area contributed by atoms with Crippen molar-refractivity contribution < 1.29 is 14.3 Å². The summed E-state index contributed by atoms with van der Waals surface area (Å²) in [6, 6.07) is 11.0. The van der Waals surface area contributed by atoms with Gasteiger partial charge in [0.15, 0.2) is 5.69 Å². The SMILES string of the molecule is [C-]#[N+]c1cccc(OC)c1C1=CCCc2ccc(C(=O)OC)cc21. The van der Waals surface area contributed by atoms with Gasteiger partial charge in [0.25, 0.3) is 0 Å². The van der Waals surface area contributed by atoms with E-state index in [4.69, 9.17) is 16.0 Å². The van der Waals surface area contributed by atoms with Crippen LogP contribution < -0.4 is 4.74 Å². The summed E-state index contributed by atoms with van der Waals surface area (Å²) in [6.07, 6.45) is 3.90. The molecule has 2 aromatic carbocycles. The van der Waals surface area contributed by atoms with E-state index in [2.05, 4.69) is 10.9 Å². The molecule has 0 atom stereocenters. The summed E-state index contributed by atoms with van der Waals surface area (Å²) >= 11 is 0. The molecule has 4 nitrogen and oxygen atoms in total. The molecule has 0 spiro atoms. The molecule has 0 radical (unpaired) electrons. The Balaban J connectivity index is 2.21. The van der Waals surface area contributed by atoms with E-state index in [1.54, 1.807) is 19.2 Å². The zero-order valence-electron chi connectivity index (χ0n) is 13.6. The van der Waals surface area contributed by atoms with Gasteiger partial charge >= 0.3 is 5.97 Å². The molecule has 0 fully saturated rings. The zero-order chi connectivity index (χ0) is 17.1. The van der Waals surface area contributed by atoms with Gasteiger partial charge in [-0.15, -0.1) is 0 Å². The first-order valence-corrected chi connectivity index (χ1v) is 7.66. The average Bonchev–Trinajstić information content (AvgIpc) is 2.65. The highest BCUT2D eigenvalue weighted by Gasteiger charge is 2.21. The molecule has 3 rings (SSSR count). The van der Waals surface area contributed by atoms with Crippen LogP contribution in [-0.4, -0.2) is 20.2 Å². The van der Waals surface area contributed by atoms with Crippen molar-refractivity contribution in [3.63, 3.8) is 0 Å². The van der Waals surface area contributed by atoms with Crippen molar-refractivity contribution in [3.8, 4) is 5.75 Å². The molecule has 2 aromatic rings. The minimum Gasteiger partial charge on any atom is -0.497 e. The Morgan fingerprint density at radius 3 is 2.75 bits per heavy atom. The number of nitrogens with zero attached hydrogens (tertiary/aromatic N) is 1. The van der Waals surface area contributed by atoms with Crippen LogP contribution in [0.4, 0.5) is 5.69 Å². The molecule has 0 unspecified atom stereocenters. The van der Waals surface area contributed by atoms with Gasteiger partial charge in [-0.25, -0.2) is 9.64 Å². The summed E-state index contributed by atoms with van der Waals surface area (Å²) < 4.78 is 10.3. The first-order chi connectivity index (χ1) is 11.7. The maximum atomic E-state index is 11.9. The van der Waals surface area contributed by atoms with Crippen molar-refractivity contribution in [2.75, 3.05) is 14.2 Å². The topological polar surface area (TPSA) is 39.9 Å². The van der Waals surface area contributed by atoms with E-state index in [9.17, 15) is 4.79 Å². The smallest absolute Gasteiger partial charge is 0.337 e. The van der Waals surface area contributed by atoms with Crippen LogP contribution in [0.1, 0.15) is 33.5 Å². The largest absolute Gasteiger partial charge is 0.497 e. The third kappa shape index (κ3) is 2.65. The second-order valence-electron chi connectivity index (χ2n) is 5.49. The molecule has 0 N–H and O–H groups in total. The summed E-state index contributed by atoms with van der Waals surface area (Å²) in [5.74, 6) is 0.291. The molecule has 0 amide bonds. The van der Waals surface area contributed by atoms with Crippen LogP contribution in [0.2, 0.25) is 0 Å². The molecule has 1 aliphatic carbocycles. The predicted octanol–water partition coefficient (Wildman–Crippen LogP) is 4.41. The van der Waals surface area contributed by atoms with Crippen LogP contribution in [0, 0.1) is 6.57 Å². The number of hydrogen-bond acceptors (Lipinski definition) is 3. The number of carbonyl (C=O) groups is 1. The average molecular weight is 319 g/mol. The lowest BCUT2D eigenvalue weighted by Crippen LogP contribution is -2.07. The van der Waals surface area contributed by atoms with Crippen molar-refractivity contribution in [2.45, 2.75) is 12.8 Å². The lowest BCUT2D eigenvalue weighted by molar-refractivity contribution is 0.0600. The van der Waals surface area contributed by atoms with E-state index >= 15 is 0 Å². The maximum Gasteiger partial charge on any atom is 0.337 e. The summed E-state index contributed by atoms with van der Waals surface area (Å²) in [6.45, 7) is 7.47. The Morgan fingerprint density at radius 1 is 1.21 bits per heavy atom. The molecule has 1 aliphatic rings. The molecule has 0 saturated heterocycles. The Hall–Kier alpha value is -3.06. The molecule has 0 saturated carbocycles. The Kier molecular flexibility index (Phi) is 4.35. The second kappa shape index (κ2) is 6.59. The normalized spacial score (nSPS) is 12.6. The van der Waals surface area contributed by atoms with Gasteiger partial charge in [-0.2, -0.15) is 0 Å². The van der Waals surface area contributed by atoms with E-state index in [0.29, 0.717) is 17.0 Å². The molecule has 0 heterocycles. The van der Waals surface area contributed by atoms with Crippen LogP contribution in [0.25, 0.3) is 10.4 Å². The molecule has 0 aromatic heterocycles. The molecular formula is C20H17NO3. The fourth-order valence-corrected chi connectivity index (χ4v) is 3.06. The van der Waals surface area contributed by atoms with Gasteiger partial charge in [-0.05, 0) is 47.7 Å². The van der Waals surface area contributed by atoms with Crippen molar-refractivity contribution in [1.82, 2.24) is 0 Å². The van der Waals surface area contributed by atoms with E-state index in [-0.39, 0.29) is 5.97 Å². The number of methoxy groups -OCH3 is 2. The summed E-state index contributed by atoms with van der Waals surface area (Å²) in [5.41, 5.74) is 4.86. The highest BCUT2D eigenvalue weighted by atomic mass is 16.5. The standard InChI is InChI=1S/C20H17NO3/c1-21-17-8-5-9-18(23-2)19(17)15-7-4-6-13-10-11-14(12-16(13)15)20(22)24-3/h5,7-12H,4,6H2,2-3H3. The molecule has 0 bridgehead atoms. The van der Waals surface area contributed by atoms with E-state index in [1.165, 1.54) is 7.11 Å². The molecule has 0 aliphatic heterocycles. The van der Waals surface area contributed by atoms with Crippen LogP contribution in [-0.2, 0) is 11.2 Å². The van der Waals surface area contributed by atoms with Gasteiger partial charge in [0.05, 0.1) is 26.4 Å². The third-order valence-electron chi connectivity index (χ3n) is 4.20. The van der Waals surface area contributed by atoms with Gasteiger partial charge in [0.2, 0.25) is 0 Å². The highest BCUT2D eigenvalue weighted by molar-refractivity contribution is 5.95. The minimum atomic E-state index is -0.367. The number of carbonyl (C=O) groups excluding carboxylic acids is 1. The van der Waals surface area contributed by atoms with Crippen LogP contribution in [0.5, 0.6) is 5.75 Å². The van der Waals surface area contributed by atoms with Crippen molar-refractivity contribution in [1.29, 1.82) is 0 Å². The lowest BCUT2D eigenvalue weighted by Gasteiger charge is -2.21. The van der Waals surface area contributed by atoms with Gasteiger partial charge in [-0.1, -0.05) is 24.3 Å². The first kappa shape index (κ1) is 15.8. The van der Waals surface area contributed by atoms with Gasteiger partial charge in [0, 0.05) is 5.56 Å². The van der Waals surface area contributed by atoms with Crippen LogP contribution in [0.3, 0.4) is 0 Å². The van der Waals surface area contributed by atoms with Crippen molar-refractivity contribution in [2.24, 2.45) is 0 Å². The number of hydrogen-bond donors (Lipinski definition) is 0. The van der Waals surface area contributed by atoms with Gasteiger partial charge in [0.1, 0.15) is 5.75 Å². The number of benzene rings is 2. The van der Waals surface area contributed by atoms with E-state index in [0.717, 1.165) is 35.1 Å². The quantitative estimate of drug-likeness (QED) is 0.621. The number of esters is 1. The lowest BCUT2D eigenvalue weighted by atomic mass is 9.85. The monoisotopic (exact) mass is 319 g/mol. The summed E-state index contributed by atoms with van der Waals surface area (Å²) in [7, 11) is 2.97. The summed E-state index contributed by atoms with van der Waals surface area (Å²) in [5, 5.41) is 0. The molecule has 24 heavy (non-hydrogen) atoms. The number of allylic oxidation sites excluding steroid dienone is 1. The third-order valence-corrected chi connectivity index (χ3v) is 4.20. The predicted molar refractivity (Wildman–Crippen MR) is 92.4 cm³/mol. The van der Waals surface area contributed by atoms with E-state index < -0.39 is 0 Å². The van der Waals surface area contributed by atoms with E-state index in [1.807, 2.05) is 24.3 Å². The zero-order valence-corrected chi connectivity index (χ0v) is 13.6. The Morgan fingerprint density at radius 2 is 2.04 bits per heavy atom. The van der Waals surface area contributed by atoms with Crippen molar-refractivity contribution in [3.05, 3.63) is 76.1 Å². The minimum absolute atomic E-state index is 0.367. The Labute approximate surface area is 141 Å². The van der Waals surface area contributed by atoms with Gasteiger partial charge in [-0.3, -0.25) is 0 Å². The second-order valence-corrected chi connectivity index (χ2v) is 5.49. The van der Waals surface area contributed by atoms with Crippen LogP contribution >= 0.6 is 0 Å². The van der Waals surface area contributed by atoms with Crippen molar-refractivity contribution >= 4 is 17.2 Å². The fraction of sp³-hybridized carbons (Fsp3) is 0.200. The van der Waals surface area contributed by atoms with Crippen LogP contribution in [0.15, 0.2) is 42.5 Å². The first-order valence-electron chi connectivity index (χ1n) is 7.66. The number of ether oxygens (including phenoxy) is 2. The molecular weight excluding hydrogens is 302 g/mol. The number of rotatable bonds is 3. The maximum absolute atomic E-state index is 11.9. The number of fused-ring (bicyclic) bond motifs is 1. The highest BCUT2D eigenvalue weighted by Crippen LogP contribution is 2.41. The summed E-state index contributed by atoms with van der Waals surface area (Å²) in [4.78, 5) is 15.5. The molecule has 120 valence electrons. The Bertz CT molecular complexity index is 875. The number of aryl methyl sites for hydroxylation is 1.